The maximum Gasteiger partial charge on any atom is 0.122 e. The Balaban J connectivity index is 1.83. The number of rotatable bonds is 5. The van der Waals surface area contributed by atoms with E-state index >= 15 is 0 Å². The molecule has 1 aromatic carbocycles. The molecule has 5 atom stereocenters. The molecule has 0 aromatic heterocycles. The Hall–Kier alpha value is -1.18. The van der Waals surface area contributed by atoms with Crippen LogP contribution in [0.15, 0.2) is 18.2 Å². The third-order valence-corrected chi connectivity index (χ3v) is 5.76. The fourth-order valence-electron chi connectivity index (χ4n) is 4.21. The quantitative estimate of drug-likeness (QED) is 0.628. The lowest BCUT2D eigenvalue weighted by Gasteiger charge is -2.40. The fraction of sp³-hybridized carbons (Fsp3) is 0.700. The molecule has 1 aliphatic heterocycles. The smallest absolute Gasteiger partial charge is 0.122 e. The molecule has 1 saturated carbocycles. The number of ether oxygens (including phenoxy) is 2. The molecule has 0 amide bonds. The van der Waals surface area contributed by atoms with E-state index in [4.69, 9.17) is 9.47 Å². The highest BCUT2D eigenvalue weighted by molar-refractivity contribution is 5.39. The Morgan fingerprint density at radius 1 is 1.04 bits per heavy atom. The van der Waals surface area contributed by atoms with Crippen molar-refractivity contribution in [2.24, 2.45) is 5.92 Å². The van der Waals surface area contributed by atoms with Crippen LogP contribution in [0.5, 0.6) is 5.75 Å². The van der Waals surface area contributed by atoms with E-state index in [1.807, 2.05) is 12.1 Å². The first-order valence-electron chi connectivity index (χ1n) is 9.52. The Morgan fingerprint density at radius 2 is 1.77 bits per heavy atom. The second-order valence-corrected chi connectivity index (χ2v) is 7.53. The van der Waals surface area contributed by atoms with Crippen LogP contribution in [0, 0.1) is 5.92 Å². The van der Waals surface area contributed by atoms with Crippen molar-refractivity contribution in [1.82, 2.24) is 0 Å². The number of aliphatic hydroxyl groups excluding tert-OH is 4. The summed E-state index contributed by atoms with van der Waals surface area (Å²) in [5.41, 5.74) is 1.78. The average Bonchev–Trinajstić information content (AvgIpc) is 2.67. The van der Waals surface area contributed by atoms with E-state index in [2.05, 4.69) is 0 Å². The molecule has 2 aliphatic rings. The Labute approximate surface area is 154 Å². The van der Waals surface area contributed by atoms with E-state index in [1.54, 1.807) is 13.2 Å². The summed E-state index contributed by atoms with van der Waals surface area (Å²) in [5, 5.41) is 39.8. The lowest BCUT2D eigenvalue weighted by atomic mass is 9.83. The zero-order valence-corrected chi connectivity index (χ0v) is 15.3. The zero-order valence-electron chi connectivity index (χ0n) is 15.3. The molecular weight excluding hydrogens is 336 g/mol. The molecule has 0 radical (unpaired) electrons. The number of hydrogen-bond acceptors (Lipinski definition) is 6. The van der Waals surface area contributed by atoms with Crippen molar-refractivity contribution >= 4 is 0 Å². The Morgan fingerprint density at radius 3 is 2.42 bits per heavy atom. The summed E-state index contributed by atoms with van der Waals surface area (Å²) in [6, 6.07) is 5.62. The van der Waals surface area contributed by atoms with Crippen LogP contribution in [0.3, 0.4) is 0 Å². The van der Waals surface area contributed by atoms with Gasteiger partial charge in [-0.05, 0) is 35.6 Å². The van der Waals surface area contributed by atoms with Gasteiger partial charge < -0.3 is 29.9 Å². The third kappa shape index (κ3) is 4.05. The van der Waals surface area contributed by atoms with E-state index in [0.717, 1.165) is 17.7 Å². The van der Waals surface area contributed by atoms with Crippen LogP contribution in [0.2, 0.25) is 0 Å². The predicted octanol–water partition coefficient (Wildman–Crippen LogP) is 1.33. The summed E-state index contributed by atoms with van der Waals surface area (Å²) in [7, 11) is 1.65. The fourth-order valence-corrected chi connectivity index (χ4v) is 4.21. The highest BCUT2D eigenvalue weighted by atomic mass is 16.5. The van der Waals surface area contributed by atoms with Gasteiger partial charge in [-0.15, -0.1) is 0 Å². The molecule has 0 bridgehead atoms. The molecule has 1 aliphatic carbocycles. The van der Waals surface area contributed by atoms with Crippen molar-refractivity contribution in [3.63, 3.8) is 0 Å². The van der Waals surface area contributed by atoms with E-state index in [0.29, 0.717) is 11.5 Å². The summed E-state index contributed by atoms with van der Waals surface area (Å²) >= 11 is 0. The monoisotopic (exact) mass is 366 g/mol. The first kappa shape index (κ1) is 19.6. The molecule has 0 spiro atoms. The van der Waals surface area contributed by atoms with Crippen LogP contribution < -0.4 is 4.74 Å². The largest absolute Gasteiger partial charge is 0.496 e. The van der Waals surface area contributed by atoms with Gasteiger partial charge in [0.05, 0.1) is 13.7 Å². The van der Waals surface area contributed by atoms with Gasteiger partial charge >= 0.3 is 0 Å². The van der Waals surface area contributed by atoms with Crippen LogP contribution in [0.25, 0.3) is 0 Å². The summed E-state index contributed by atoms with van der Waals surface area (Å²) < 4.78 is 11.2. The molecule has 6 heteroatoms. The maximum absolute atomic E-state index is 10.4. The van der Waals surface area contributed by atoms with Gasteiger partial charge in [0.15, 0.2) is 0 Å². The number of aliphatic hydroxyl groups is 4. The molecule has 4 N–H and O–H groups in total. The molecule has 0 unspecified atom stereocenters. The number of benzene rings is 1. The molecule has 6 nitrogen and oxygen atoms in total. The maximum atomic E-state index is 10.4. The second kappa shape index (κ2) is 8.67. The van der Waals surface area contributed by atoms with Crippen molar-refractivity contribution in [2.75, 3.05) is 13.7 Å². The van der Waals surface area contributed by atoms with Gasteiger partial charge in [-0.3, -0.25) is 0 Å². The lowest BCUT2D eigenvalue weighted by Crippen LogP contribution is -2.55. The van der Waals surface area contributed by atoms with Gasteiger partial charge in [-0.1, -0.05) is 38.2 Å². The van der Waals surface area contributed by atoms with Crippen molar-refractivity contribution in [2.45, 2.75) is 69.0 Å². The van der Waals surface area contributed by atoms with Crippen LogP contribution in [0.1, 0.15) is 49.3 Å². The first-order valence-corrected chi connectivity index (χ1v) is 9.52. The van der Waals surface area contributed by atoms with E-state index < -0.39 is 37.1 Å². The Kier molecular flexibility index (Phi) is 6.53. The second-order valence-electron chi connectivity index (χ2n) is 7.53. The molecule has 3 rings (SSSR count). The average molecular weight is 366 g/mol. The van der Waals surface area contributed by atoms with E-state index in [1.165, 1.54) is 32.1 Å². The van der Waals surface area contributed by atoms with E-state index in [9.17, 15) is 20.4 Å². The van der Waals surface area contributed by atoms with Gasteiger partial charge in [0.25, 0.3) is 0 Å². The highest BCUT2D eigenvalue weighted by Gasteiger charge is 2.44. The van der Waals surface area contributed by atoms with Crippen molar-refractivity contribution < 1.29 is 29.9 Å². The molecule has 1 saturated heterocycles. The topological polar surface area (TPSA) is 99.4 Å². The highest BCUT2D eigenvalue weighted by Crippen LogP contribution is 2.36. The van der Waals surface area contributed by atoms with Crippen molar-refractivity contribution in [3.05, 3.63) is 29.3 Å². The van der Waals surface area contributed by atoms with Gasteiger partial charge in [-0.2, -0.15) is 0 Å². The summed E-state index contributed by atoms with van der Waals surface area (Å²) in [5.74, 6) is 1.44. The van der Waals surface area contributed by atoms with Gasteiger partial charge in [0.1, 0.15) is 36.3 Å². The van der Waals surface area contributed by atoms with E-state index in [-0.39, 0.29) is 0 Å². The number of hydrogen-bond donors (Lipinski definition) is 4. The minimum atomic E-state index is -1.37. The lowest BCUT2D eigenvalue weighted by molar-refractivity contribution is -0.231. The Bertz CT molecular complexity index is 584. The molecule has 26 heavy (non-hydrogen) atoms. The molecule has 146 valence electrons. The minimum Gasteiger partial charge on any atom is -0.496 e. The molecule has 2 fully saturated rings. The zero-order chi connectivity index (χ0) is 18.7. The number of methoxy groups -OCH3 is 1. The van der Waals surface area contributed by atoms with Crippen molar-refractivity contribution in [3.8, 4) is 5.75 Å². The molecular formula is C20H30O6. The predicted molar refractivity (Wildman–Crippen MR) is 96.0 cm³/mol. The SMILES string of the molecule is COc1ccc([C@@H]2O[C@H](CO)[C@@H](O)[C@H](O)[C@H]2O)cc1CC1CCCCC1. The van der Waals surface area contributed by atoms with Gasteiger partial charge in [0, 0.05) is 0 Å². The van der Waals surface area contributed by atoms with Gasteiger partial charge in [-0.25, -0.2) is 0 Å². The van der Waals surface area contributed by atoms with Crippen LogP contribution in [0.4, 0.5) is 0 Å². The normalized spacial score (nSPS) is 33.2. The van der Waals surface area contributed by atoms with Crippen LogP contribution in [-0.2, 0) is 11.2 Å². The van der Waals surface area contributed by atoms with Crippen LogP contribution >= 0.6 is 0 Å². The third-order valence-electron chi connectivity index (χ3n) is 5.76. The van der Waals surface area contributed by atoms with Crippen molar-refractivity contribution in [1.29, 1.82) is 0 Å². The molecule has 1 aromatic rings. The molecule has 1 heterocycles. The summed E-state index contributed by atoms with van der Waals surface area (Å²) in [6.45, 7) is -0.424. The summed E-state index contributed by atoms with van der Waals surface area (Å²) in [4.78, 5) is 0. The summed E-state index contributed by atoms with van der Waals surface area (Å²) in [6.07, 6.45) is 1.50. The standard InChI is InChI=1S/C20H30O6/c1-25-15-8-7-13(10-14(15)9-12-5-3-2-4-6-12)20-19(24)18(23)17(22)16(11-21)26-20/h7-8,10,12,16-24H,2-6,9,11H2,1H3/t16-,17-,18+,19-,20+/m1/s1. The van der Waals surface area contributed by atoms with Crippen LogP contribution in [-0.4, -0.2) is 58.6 Å². The minimum absolute atomic E-state index is 0.424. The first-order chi connectivity index (χ1) is 12.5. The van der Waals surface area contributed by atoms with Gasteiger partial charge in [0.2, 0.25) is 0 Å².